The van der Waals surface area contributed by atoms with Crippen molar-refractivity contribution < 1.29 is 42.9 Å². The minimum absolute atomic E-state index is 0.00152. The van der Waals surface area contributed by atoms with Crippen LogP contribution in [-0.2, 0) is 44.5 Å². The summed E-state index contributed by atoms with van der Waals surface area (Å²) in [6.07, 6.45) is 16.8. The van der Waals surface area contributed by atoms with Crippen molar-refractivity contribution in [1.82, 2.24) is 36.5 Å². The number of ether oxygens (including phenoxy) is 4. The van der Waals surface area contributed by atoms with Crippen LogP contribution in [0.15, 0.2) is 64.6 Å². The molecule has 2 fully saturated rings. The van der Waals surface area contributed by atoms with Crippen LogP contribution in [0.2, 0.25) is 0 Å². The number of cyclic esters (lactones) is 2. The van der Waals surface area contributed by atoms with Crippen LogP contribution >= 0.6 is 23.1 Å². The molecule has 0 radical (unpaired) electrons. The maximum absolute atomic E-state index is 13.2. The van der Waals surface area contributed by atoms with E-state index in [0.29, 0.717) is 70.5 Å². The second-order valence-electron chi connectivity index (χ2n) is 17.9. The van der Waals surface area contributed by atoms with E-state index in [1.807, 2.05) is 77.2 Å². The van der Waals surface area contributed by atoms with E-state index in [2.05, 4.69) is 50.6 Å². The summed E-state index contributed by atoms with van der Waals surface area (Å²) in [6, 6.07) is -0.0349. The molecule has 0 aliphatic carbocycles. The third-order valence-corrected chi connectivity index (χ3v) is 13.7. The second-order valence-corrected chi connectivity index (χ2v) is 20.1. The van der Waals surface area contributed by atoms with Gasteiger partial charge in [0.25, 0.3) is 0 Å². The standard InChI is InChI=1S/C49H75N7O9S2/c1-33(17-20-56(6)7)15-16-35(3)26-39-29-45-53-40(31-67-45)36(4)27-38(28-47(60)64-37(5)25-34(2)11-10-14-46(59)65-39)52-30-44(58)51-19-22-63-24-23-62-21-18-50-43(57)13-9-8-12-42-48-41(32-66-42)54-49(61)55-48/h10-11,14-17,26,31,36-39,41-42,48,52H,8-9,12-13,18-25,27-30,32H2,1-7H3,(H,50,57)(H,51,58)(H2,54,55,61)/t36-,37-,38+,39+,41-,42-,48-/m0/s1. The number of carbonyl (C=O) groups is 5. The third-order valence-electron chi connectivity index (χ3n) is 11.3. The first-order valence-corrected chi connectivity index (χ1v) is 25.5. The molecule has 1 aromatic heterocycles. The summed E-state index contributed by atoms with van der Waals surface area (Å²) < 4.78 is 22.9. The van der Waals surface area contributed by atoms with Crippen molar-refractivity contribution in [2.45, 2.75) is 127 Å². The van der Waals surface area contributed by atoms with Gasteiger partial charge in [0, 0.05) is 73.3 Å². The molecule has 0 saturated carbocycles. The molecule has 4 amide bonds. The molecule has 4 rings (SSSR count). The van der Waals surface area contributed by atoms with E-state index < -0.39 is 18.2 Å². The van der Waals surface area contributed by atoms with Crippen LogP contribution in [0.25, 0.3) is 0 Å². The molecule has 372 valence electrons. The Balaban J connectivity index is 1.18. The Kier molecular flexibility index (Phi) is 24.9. The number of carbonyl (C=O) groups excluding carboxylic acids is 5. The number of fused-ring (bicyclic) bond motifs is 3. The highest BCUT2D eigenvalue weighted by atomic mass is 32.2. The normalized spacial score (nSPS) is 24.5. The number of thioether (sulfide) groups is 1. The van der Waals surface area contributed by atoms with Crippen molar-refractivity contribution in [2.75, 3.05) is 72.5 Å². The summed E-state index contributed by atoms with van der Waals surface area (Å²) in [4.78, 5) is 69.9. The number of thiazole rings is 1. The van der Waals surface area contributed by atoms with Gasteiger partial charge in [0.15, 0.2) is 0 Å². The van der Waals surface area contributed by atoms with Crippen LogP contribution in [0.3, 0.4) is 0 Å². The second kappa shape index (κ2) is 30.2. The highest BCUT2D eigenvalue weighted by molar-refractivity contribution is 8.00. The van der Waals surface area contributed by atoms with Crippen molar-refractivity contribution in [2.24, 2.45) is 0 Å². The Labute approximate surface area is 406 Å². The quantitative estimate of drug-likeness (QED) is 0.0436. The SMILES string of the molecule is CC(C=CC(C)=C[C@@H]1Cc2nc(cs2)[C@@H](C)C[C@@H](NCC(=O)NCCOCCOCCNC(=O)CCCC[C@@H]2SC[C@@H]3NC(=O)N[C@@H]32)CC(=O)O[C@@H](C)CC(C)=CC=CC(=O)O1)=CCN(C)C. The van der Waals surface area contributed by atoms with Gasteiger partial charge in [-0.2, -0.15) is 11.8 Å². The number of esters is 2. The molecule has 5 N–H and O–H groups in total. The fraction of sp³-hybridized carbons (Fsp3) is 0.633. The average molecular weight is 970 g/mol. The number of nitrogens with one attached hydrogen (secondary N) is 5. The maximum Gasteiger partial charge on any atom is 0.331 e. The molecule has 18 heteroatoms. The highest BCUT2D eigenvalue weighted by Crippen LogP contribution is 2.33. The van der Waals surface area contributed by atoms with E-state index in [9.17, 15) is 24.0 Å². The Morgan fingerprint density at radius 2 is 1.67 bits per heavy atom. The fourth-order valence-corrected chi connectivity index (χ4v) is 10.3. The molecule has 67 heavy (non-hydrogen) atoms. The van der Waals surface area contributed by atoms with Crippen molar-refractivity contribution in [1.29, 1.82) is 0 Å². The van der Waals surface area contributed by atoms with E-state index in [4.69, 9.17) is 23.9 Å². The summed E-state index contributed by atoms with van der Waals surface area (Å²) in [5, 5.41) is 18.2. The molecule has 7 atom stereocenters. The zero-order chi connectivity index (χ0) is 48.6. The fourth-order valence-electron chi connectivity index (χ4n) is 7.77. The largest absolute Gasteiger partial charge is 0.462 e. The number of allylic oxidation sites excluding steroid dienone is 6. The molecule has 3 aliphatic heterocycles. The molecule has 0 aromatic carbocycles. The average Bonchev–Trinajstić information content (AvgIpc) is 3.99. The number of likely N-dealkylation sites (N-methyl/N-ethyl adjacent to an activating group) is 1. The number of nitrogens with zero attached hydrogens (tertiary/aromatic N) is 2. The van der Waals surface area contributed by atoms with Crippen LogP contribution < -0.4 is 26.6 Å². The molecule has 16 nitrogen and oxygen atoms in total. The zero-order valence-corrected chi connectivity index (χ0v) is 42.2. The number of hydrogen-bond acceptors (Lipinski definition) is 14. The van der Waals surface area contributed by atoms with Gasteiger partial charge >= 0.3 is 18.0 Å². The molecular weight excluding hydrogens is 895 g/mol. The van der Waals surface area contributed by atoms with Crippen LogP contribution in [0.1, 0.15) is 96.2 Å². The Morgan fingerprint density at radius 3 is 2.42 bits per heavy atom. The summed E-state index contributed by atoms with van der Waals surface area (Å²) in [5.74, 6) is -0.182. The zero-order valence-electron chi connectivity index (χ0n) is 40.6. The number of aromatic nitrogens is 1. The molecular formula is C49H75N7O9S2. The molecule has 1 aromatic rings. The van der Waals surface area contributed by atoms with Crippen LogP contribution in [0, 0.1) is 0 Å². The number of amides is 4. The summed E-state index contributed by atoms with van der Waals surface area (Å²) in [5.41, 5.74) is 3.88. The van der Waals surface area contributed by atoms with Crippen LogP contribution in [0.5, 0.6) is 0 Å². The number of urea groups is 1. The van der Waals surface area contributed by atoms with Gasteiger partial charge in [-0.1, -0.05) is 60.4 Å². The van der Waals surface area contributed by atoms with Gasteiger partial charge in [0.1, 0.15) is 12.2 Å². The number of hydrogen-bond donors (Lipinski definition) is 5. The summed E-state index contributed by atoms with van der Waals surface area (Å²) in [7, 11) is 4.05. The van der Waals surface area contributed by atoms with Gasteiger partial charge in [0.05, 0.1) is 62.2 Å². The van der Waals surface area contributed by atoms with E-state index in [0.717, 1.165) is 59.0 Å². The predicted octanol–water partition coefficient (Wildman–Crippen LogP) is 5.28. The molecule has 3 aliphatic rings. The molecule has 4 heterocycles. The first kappa shape index (κ1) is 55.3. The summed E-state index contributed by atoms with van der Waals surface area (Å²) in [6.45, 7) is 12.8. The van der Waals surface area contributed by atoms with E-state index in [-0.39, 0.29) is 60.8 Å². The molecule has 0 spiro atoms. The Bertz CT molecular complexity index is 1910. The monoisotopic (exact) mass is 970 g/mol. The lowest BCUT2D eigenvalue weighted by molar-refractivity contribution is -0.149. The van der Waals surface area contributed by atoms with Crippen molar-refractivity contribution in [3.05, 3.63) is 75.3 Å². The third kappa shape index (κ3) is 22.6. The minimum Gasteiger partial charge on any atom is -0.462 e. The number of rotatable bonds is 22. The van der Waals surface area contributed by atoms with Gasteiger partial charge < -0.3 is 50.4 Å². The predicted molar refractivity (Wildman–Crippen MR) is 265 cm³/mol. The first-order chi connectivity index (χ1) is 32.1. The van der Waals surface area contributed by atoms with Crippen molar-refractivity contribution in [3.8, 4) is 0 Å². The van der Waals surface area contributed by atoms with Gasteiger partial charge in [0.2, 0.25) is 11.8 Å². The van der Waals surface area contributed by atoms with Crippen molar-refractivity contribution in [3.63, 3.8) is 0 Å². The molecule has 0 unspecified atom stereocenters. The van der Waals surface area contributed by atoms with Crippen LogP contribution in [0.4, 0.5) is 4.79 Å². The van der Waals surface area contributed by atoms with E-state index >= 15 is 0 Å². The Morgan fingerprint density at radius 1 is 0.940 bits per heavy atom. The topological polar surface area (TPSA) is 199 Å². The Hall–Kier alpha value is -4.33. The molecule has 2 bridgehead atoms. The lowest BCUT2D eigenvalue weighted by Crippen LogP contribution is -2.42. The van der Waals surface area contributed by atoms with E-state index in [1.165, 1.54) is 17.4 Å². The maximum atomic E-state index is 13.2. The number of unbranched alkanes of at least 4 members (excludes halogenated alkanes) is 1. The minimum atomic E-state index is -0.544. The smallest absolute Gasteiger partial charge is 0.331 e. The highest BCUT2D eigenvalue weighted by Gasteiger charge is 2.42. The van der Waals surface area contributed by atoms with Gasteiger partial charge in [-0.25, -0.2) is 14.6 Å². The van der Waals surface area contributed by atoms with Gasteiger partial charge in [-0.15, -0.1) is 11.3 Å². The van der Waals surface area contributed by atoms with Crippen LogP contribution in [-0.4, -0.2) is 148 Å². The van der Waals surface area contributed by atoms with Gasteiger partial charge in [-0.3, -0.25) is 14.4 Å². The molecule has 2 saturated heterocycles. The lowest BCUT2D eigenvalue weighted by Gasteiger charge is -2.22. The van der Waals surface area contributed by atoms with Gasteiger partial charge in [-0.05, 0) is 67.1 Å². The first-order valence-electron chi connectivity index (χ1n) is 23.6. The summed E-state index contributed by atoms with van der Waals surface area (Å²) >= 11 is 3.38. The van der Waals surface area contributed by atoms with Crippen molar-refractivity contribution >= 4 is 52.9 Å². The van der Waals surface area contributed by atoms with E-state index in [1.54, 1.807) is 6.08 Å². The lowest BCUT2D eigenvalue weighted by atomic mass is 9.97.